The highest BCUT2D eigenvalue weighted by atomic mass is 16.5. The summed E-state index contributed by atoms with van der Waals surface area (Å²) in [6, 6.07) is 31.9. The fourth-order valence-electron chi connectivity index (χ4n) is 4.88. The summed E-state index contributed by atoms with van der Waals surface area (Å²) >= 11 is 0. The van der Waals surface area contributed by atoms with Crippen molar-refractivity contribution in [3.05, 3.63) is 125 Å². The van der Waals surface area contributed by atoms with Gasteiger partial charge in [-0.25, -0.2) is 0 Å². The molecule has 0 saturated carbocycles. The number of rotatable bonds is 3. The molecule has 0 spiro atoms. The summed E-state index contributed by atoms with van der Waals surface area (Å²) in [5, 5.41) is 6.82. The summed E-state index contributed by atoms with van der Waals surface area (Å²) in [4.78, 5) is 2.25. The Labute approximate surface area is 199 Å². The third kappa shape index (κ3) is 3.43. The van der Waals surface area contributed by atoms with Crippen LogP contribution in [0.15, 0.2) is 95.5 Å². The summed E-state index contributed by atoms with van der Waals surface area (Å²) in [6.45, 7) is 6.14. The molecule has 0 bridgehead atoms. The second-order valence-corrected chi connectivity index (χ2v) is 9.10. The normalized spacial score (nSPS) is 17.4. The van der Waals surface area contributed by atoms with Crippen molar-refractivity contribution in [2.75, 3.05) is 4.90 Å². The van der Waals surface area contributed by atoms with Crippen LogP contribution in [0.25, 0.3) is 10.8 Å². The van der Waals surface area contributed by atoms with Crippen molar-refractivity contribution >= 4 is 16.6 Å². The van der Waals surface area contributed by atoms with E-state index in [-0.39, 0.29) is 12.3 Å². The first-order valence-corrected chi connectivity index (χ1v) is 11.6. The van der Waals surface area contributed by atoms with E-state index in [1.54, 1.807) is 0 Å². The zero-order valence-electron chi connectivity index (χ0n) is 19.5. The second kappa shape index (κ2) is 8.07. The molecule has 0 radical (unpaired) electrons. The van der Waals surface area contributed by atoms with E-state index in [0.717, 1.165) is 28.5 Å². The van der Waals surface area contributed by atoms with Crippen LogP contribution >= 0.6 is 0 Å². The minimum Gasteiger partial charge on any atom is -0.466 e. The molecule has 0 saturated heterocycles. The van der Waals surface area contributed by atoms with Crippen molar-refractivity contribution in [2.24, 2.45) is 0 Å². The maximum atomic E-state index is 6.76. The molecule has 4 nitrogen and oxygen atoms in total. The average molecular weight is 447 g/mol. The average Bonchev–Trinajstić information content (AvgIpc) is 3.29. The molecule has 2 atom stereocenters. The lowest BCUT2D eigenvalue weighted by Gasteiger charge is -2.44. The Morgan fingerprint density at radius 1 is 0.735 bits per heavy atom. The van der Waals surface area contributed by atoms with Gasteiger partial charge in [0.05, 0.1) is 6.04 Å². The van der Waals surface area contributed by atoms with Gasteiger partial charge in [-0.3, -0.25) is 0 Å². The minimum atomic E-state index is -0.356. The number of ether oxygens (including phenoxy) is 1. The lowest BCUT2D eigenvalue weighted by atomic mass is 9.89. The predicted molar refractivity (Wildman–Crippen MR) is 135 cm³/mol. The fraction of sp³-hybridized carbons (Fsp3) is 0.167. The van der Waals surface area contributed by atoms with Crippen LogP contribution in [0, 0.1) is 20.8 Å². The molecule has 4 aromatic carbocycles. The molecule has 34 heavy (non-hydrogen) atoms. The van der Waals surface area contributed by atoms with Crippen LogP contribution in [0.5, 0.6) is 5.75 Å². The van der Waals surface area contributed by atoms with Gasteiger partial charge in [0.1, 0.15) is 11.5 Å². The van der Waals surface area contributed by atoms with Crippen LogP contribution in [-0.2, 0) is 0 Å². The largest absolute Gasteiger partial charge is 0.466 e. The van der Waals surface area contributed by atoms with E-state index >= 15 is 0 Å². The lowest BCUT2D eigenvalue weighted by Crippen LogP contribution is -2.40. The van der Waals surface area contributed by atoms with Crippen LogP contribution in [0.2, 0.25) is 0 Å². The van der Waals surface area contributed by atoms with Crippen molar-refractivity contribution < 1.29 is 9.26 Å². The molecule has 168 valence electrons. The third-order valence-corrected chi connectivity index (χ3v) is 6.61. The molecule has 5 aromatic rings. The first-order valence-electron chi connectivity index (χ1n) is 11.6. The molecule has 0 aliphatic carbocycles. The van der Waals surface area contributed by atoms with Gasteiger partial charge in [-0.2, -0.15) is 0 Å². The van der Waals surface area contributed by atoms with Crippen LogP contribution in [0.3, 0.4) is 0 Å². The van der Waals surface area contributed by atoms with E-state index in [1.165, 1.54) is 27.5 Å². The van der Waals surface area contributed by atoms with Gasteiger partial charge >= 0.3 is 0 Å². The van der Waals surface area contributed by atoms with Gasteiger partial charge in [0.2, 0.25) is 6.23 Å². The molecule has 1 aliphatic rings. The van der Waals surface area contributed by atoms with Gasteiger partial charge in [-0.15, -0.1) is 0 Å². The number of hydrogen-bond donors (Lipinski definition) is 0. The summed E-state index contributed by atoms with van der Waals surface area (Å²) in [5.41, 5.74) is 5.84. The zero-order chi connectivity index (χ0) is 23.2. The van der Waals surface area contributed by atoms with E-state index in [1.807, 2.05) is 13.0 Å². The summed E-state index contributed by atoms with van der Waals surface area (Å²) in [6.07, 6.45) is -0.356. The first-order chi connectivity index (χ1) is 16.6. The minimum absolute atomic E-state index is 0.105. The highest BCUT2D eigenvalue weighted by Crippen LogP contribution is 2.50. The molecule has 4 heteroatoms. The predicted octanol–water partition coefficient (Wildman–Crippen LogP) is 7.44. The molecule has 0 amide bonds. The van der Waals surface area contributed by atoms with Crippen LogP contribution in [0.4, 0.5) is 5.82 Å². The van der Waals surface area contributed by atoms with E-state index in [4.69, 9.17) is 9.26 Å². The van der Waals surface area contributed by atoms with E-state index in [2.05, 4.69) is 109 Å². The van der Waals surface area contributed by atoms with Gasteiger partial charge in [0, 0.05) is 17.2 Å². The van der Waals surface area contributed by atoms with Crippen molar-refractivity contribution in [2.45, 2.75) is 33.0 Å². The Balaban J connectivity index is 1.65. The molecule has 2 unspecified atom stereocenters. The van der Waals surface area contributed by atoms with Crippen molar-refractivity contribution in [3.63, 3.8) is 0 Å². The summed E-state index contributed by atoms with van der Waals surface area (Å²) in [5.74, 6) is 2.42. The van der Waals surface area contributed by atoms with Crippen LogP contribution in [-0.4, -0.2) is 5.16 Å². The number of aryl methyl sites for hydroxylation is 3. The quantitative estimate of drug-likeness (QED) is 0.289. The van der Waals surface area contributed by atoms with E-state index in [9.17, 15) is 0 Å². The van der Waals surface area contributed by atoms with Gasteiger partial charge in [-0.1, -0.05) is 95.1 Å². The fourth-order valence-corrected chi connectivity index (χ4v) is 4.88. The third-order valence-electron chi connectivity index (χ3n) is 6.61. The Kier molecular flexibility index (Phi) is 4.88. The molecular weight excluding hydrogens is 420 g/mol. The van der Waals surface area contributed by atoms with Crippen molar-refractivity contribution in [3.8, 4) is 5.75 Å². The summed E-state index contributed by atoms with van der Waals surface area (Å²) < 4.78 is 12.3. The Morgan fingerprint density at radius 2 is 1.41 bits per heavy atom. The lowest BCUT2D eigenvalue weighted by molar-refractivity contribution is 0.168. The second-order valence-electron chi connectivity index (χ2n) is 9.10. The molecule has 2 heterocycles. The smallest absolute Gasteiger partial charge is 0.200 e. The van der Waals surface area contributed by atoms with Crippen molar-refractivity contribution in [1.82, 2.24) is 5.16 Å². The standard InChI is InChI=1S/C30H26N2O2/c1-19-8-12-23(13-9-19)29-28-25-7-5-4-6-22(25)16-17-26(28)33-30(24-14-10-20(2)11-15-24)32(29)27-18-21(3)34-31-27/h4-18,29-30H,1-3H3. The van der Waals surface area contributed by atoms with Gasteiger partial charge in [-0.05, 0) is 43.2 Å². The van der Waals surface area contributed by atoms with Crippen molar-refractivity contribution in [1.29, 1.82) is 0 Å². The number of benzene rings is 4. The number of anilines is 1. The van der Waals surface area contributed by atoms with E-state index in [0.29, 0.717) is 0 Å². The maximum Gasteiger partial charge on any atom is 0.200 e. The highest BCUT2D eigenvalue weighted by molar-refractivity contribution is 5.89. The van der Waals surface area contributed by atoms with Crippen LogP contribution in [0.1, 0.15) is 45.8 Å². The molecule has 0 N–H and O–H groups in total. The Bertz CT molecular complexity index is 1470. The zero-order valence-corrected chi connectivity index (χ0v) is 19.5. The Hall–Kier alpha value is -4.05. The highest BCUT2D eigenvalue weighted by Gasteiger charge is 2.40. The number of nitrogens with zero attached hydrogens (tertiary/aromatic N) is 2. The molecular formula is C30H26N2O2. The van der Waals surface area contributed by atoms with Gasteiger partial charge in [0.15, 0.2) is 5.82 Å². The molecule has 0 fully saturated rings. The van der Waals surface area contributed by atoms with E-state index < -0.39 is 0 Å². The topological polar surface area (TPSA) is 38.5 Å². The van der Waals surface area contributed by atoms with Gasteiger partial charge in [0.25, 0.3) is 0 Å². The monoisotopic (exact) mass is 446 g/mol. The number of hydrogen-bond acceptors (Lipinski definition) is 4. The number of fused-ring (bicyclic) bond motifs is 3. The first kappa shape index (κ1) is 20.5. The molecule has 6 rings (SSSR count). The Morgan fingerprint density at radius 3 is 2.09 bits per heavy atom. The SMILES string of the molecule is Cc1ccc(C2Oc3ccc4ccccc4c3C(c3ccc(C)cc3)N2c2cc(C)on2)cc1. The molecule has 1 aliphatic heterocycles. The summed E-state index contributed by atoms with van der Waals surface area (Å²) in [7, 11) is 0. The number of aromatic nitrogens is 1. The maximum absolute atomic E-state index is 6.76. The van der Waals surface area contributed by atoms with Crippen LogP contribution < -0.4 is 9.64 Å². The van der Waals surface area contributed by atoms with Gasteiger partial charge < -0.3 is 14.2 Å². The molecule has 1 aromatic heterocycles.